The van der Waals surface area contributed by atoms with E-state index in [-0.39, 0.29) is 0 Å². The fourth-order valence-corrected chi connectivity index (χ4v) is 2.46. The predicted molar refractivity (Wildman–Crippen MR) is 81.5 cm³/mol. The lowest BCUT2D eigenvalue weighted by molar-refractivity contribution is 0.0696. The van der Waals surface area contributed by atoms with Gasteiger partial charge < -0.3 is 5.11 Å². The van der Waals surface area contributed by atoms with Crippen LogP contribution in [0.15, 0.2) is 22.7 Å². The van der Waals surface area contributed by atoms with Crippen molar-refractivity contribution in [3.05, 3.63) is 33.8 Å². The van der Waals surface area contributed by atoms with Crippen LogP contribution in [0.25, 0.3) is 0 Å². The van der Waals surface area contributed by atoms with E-state index in [1.165, 1.54) is 0 Å². The van der Waals surface area contributed by atoms with Crippen LogP contribution in [0.1, 0.15) is 43.6 Å². The molecular formula is C15H22BrNO2. The van der Waals surface area contributed by atoms with Gasteiger partial charge >= 0.3 is 5.97 Å². The minimum absolute atomic E-state index is 0.315. The van der Waals surface area contributed by atoms with Crippen molar-refractivity contribution in [2.45, 2.75) is 40.3 Å². The first-order valence-corrected chi connectivity index (χ1v) is 7.36. The lowest BCUT2D eigenvalue weighted by Crippen LogP contribution is -2.33. The third kappa shape index (κ3) is 4.96. The number of aromatic carboxylic acids is 1. The monoisotopic (exact) mass is 327 g/mol. The van der Waals surface area contributed by atoms with Crippen LogP contribution in [0, 0.1) is 5.92 Å². The zero-order valence-electron chi connectivity index (χ0n) is 12.0. The molecule has 0 bridgehead atoms. The molecular weight excluding hydrogens is 306 g/mol. The first-order valence-electron chi connectivity index (χ1n) is 6.57. The van der Waals surface area contributed by atoms with Crippen molar-refractivity contribution in [3.8, 4) is 0 Å². The maximum Gasteiger partial charge on any atom is 0.335 e. The summed E-state index contributed by atoms with van der Waals surface area (Å²) in [5.41, 5.74) is 1.44. The van der Waals surface area contributed by atoms with E-state index < -0.39 is 5.97 Å². The SMILES string of the molecule is CC(C)CN(Cc1ccc(C(=O)O)cc1Br)C(C)C. The largest absolute Gasteiger partial charge is 0.478 e. The van der Waals surface area contributed by atoms with Gasteiger partial charge in [0.05, 0.1) is 5.56 Å². The molecule has 3 nitrogen and oxygen atoms in total. The second kappa shape index (κ2) is 7.06. The maximum absolute atomic E-state index is 10.9. The quantitative estimate of drug-likeness (QED) is 0.858. The van der Waals surface area contributed by atoms with Gasteiger partial charge in [-0.15, -0.1) is 0 Å². The van der Waals surface area contributed by atoms with Crippen LogP contribution in [0.3, 0.4) is 0 Å². The average Bonchev–Trinajstić information content (AvgIpc) is 2.29. The number of carboxylic acids is 1. The van der Waals surface area contributed by atoms with Crippen molar-refractivity contribution in [1.82, 2.24) is 4.90 Å². The summed E-state index contributed by atoms with van der Waals surface area (Å²) < 4.78 is 0.863. The molecule has 0 radical (unpaired) electrons. The first kappa shape index (κ1) is 16.2. The van der Waals surface area contributed by atoms with Gasteiger partial charge in [0.25, 0.3) is 0 Å². The predicted octanol–water partition coefficient (Wildman–Crippen LogP) is 4.01. The van der Waals surface area contributed by atoms with E-state index in [0.29, 0.717) is 17.5 Å². The van der Waals surface area contributed by atoms with Gasteiger partial charge in [0.1, 0.15) is 0 Å². The molecule has 0 saturated carbocycles. The van der Waals surface area contributed by atoms with Gasteiger partial charge in [-0.05, 0) is 37.5 Å². The topological polar surface area (TPSA) is 40.5 Å². The molecule has 1 N–H and O–H groups in total. The van der Waals surface area contributed by atoms with Gasteiger partial charge in [-0.3, -0.25) is 4.90 Å². The normalized spacial score (nSPS) is 11.6. The summed E-state index contributed by atoms with van der Waals surface area (Å²) in [6, 6.07) is 5.69. The molecule has 1 aromatic carbocycles. The van der Waals surface area contributed by atoms with Crippen molar-refractivity contribution in [2.24, 2.45) is 5.92 Å². The molecule has 19 heavy (non-hydrogen) atoms. The molecule has 1 rings (SSSR count). The van der Waals surface area contributed by atoms with E-state index in [1.807, 2.05) is 6.07 Å². The molecule has 0 spiro atoms. The zero-order chi connectivity index (χ0) is 14.6. The molecule has 106 valence electrons. The first-order chi connectivity index (χ1) is 8.81. The van der Waals surface area contributed by atoms with Gasteiger partial charge in [-0.1, -0.05) is 35.8 Å². The van der Waals surface area contributed by atoms with Crippen LogP contribution in [0.4, 0.5) is 0 Å². The number of carboxylic acid groups (broad SMARTS) is 1. The summed E-state index contributed by atoms with van der Waals surface area (Å²) in [6.07, 6.45) is 0. The van der Waals surface area contributed by atoms with Crippen molar-refractivity contribution in [1.29, 1.82) is 0 Å². The van der Waals surface area contributed by atoms with Gasteiger partial charge in [0.15, 0.2) is 0 Å². The van der Waals surface area contributed by atoms with Crippen LogP contribution in [-0.4, -0.2) is 28.6 Å². The van der Waals surface area contributed by atoms with Crippen LogP contribution in [-0.2, 0) is 6.54 Å². The molecule has 0 aromatic heterocycles. The minimum Gasteiger partial charge on any atom is -0.478 e. The summed E-state index contributed by atoms with van der Waals surface area (Å²) in [4.78, 5) is 13.3. The molecule has 1 aromatic rings. The van der Waals surface area contributed by atoms with Gasteiger partial charge in [-0.25, -0.2) is 4.79 Å². The number of nitrogens with zero attached hydrogens (tertiary/aromatic N) is 1. The van der Waals surface area contributed by atoms with Gasteiger partial charge in [0.2, 0.25) is 0 Å². The second-order valence-electron chi connectivity index (χ2n) is 5.53. The van der Waals surface area contributed by atoms with Gasteiger partial charge in [0, 0.05) is 23.6 Å². The van der Waals surface area contributed by atoms with E-state index in [4.69, 9.17) is 5.11 Å². The number of halogens is 1. The molecule has 0 aliphatic carbocycles. The number of benzene rings is 1. The van der Waals surface area contributed by atoms with E-state index in [0.717, 1.165) is 23.1 Å². The third-order valence-electron chi connectivity index (χ3n) is 3.00. The number of rotatable bonds is 6. The third-order valence-corrected chi connectivity index (χ3v) is 3.74. The van der Waals surface area contributed by atoms with E-state index >= 15 is 0 Å². The Morgan fingerprint density at radius 2 is 1.95 bits per heavy atom. The van der Waals surface area contributed by atoms with Crippen LogP contribution >= 0.6 is 15.9 Å². The van der Waals surface area contributed by atoms with Crippen LogP contribution in [0.2, 0.25) is 0 Å². The standard InChI is InChI=1S/C15H22BrNO2/c1-10(2)8-17(11(3)4)9-13-6-5-12(15(18)19)7-14(13)16/h5-7,10-11H,8-9H2,1-4H3,(H,18,19). The Kier molecular flexibility index (Phi) is 6.01. The molecule has 0 aliphatic heterocycles. The van der Waals surface area contributed by atoms with E-state index in [1.54, 1.807) is 12.1 Å². The van der Waals surface area contributed by atoms with Crippen molar-refractivity contribution < 1.29 is 9.90 Å². The molecule has 0 atom stereocenters. The van der Waals surface area contributed by atoms with Crippen molar-refractivity contribution in [2.75, 3.05) is 6.54 Å². The highest BCUT2D eigenvalue weighted by Crippen LogP contribution is 2.21. The van der Waals surface area contributed by atoms with E-state index in [2.05, 4.69) is 48.5 Å². The van der Waals surface area contributed by atoms with Crippen LogP contribution < -0.4 is 0 Å². The highest BCUT2D eigenvalue weighted by atomic mass is 79.9. The Labute approximate surface area is 123 Å². The molecule has 0 unspecified atom stereocenters. The Morgan fingerprint density at radius 1 is 1.32 bits per heavy atom. The maximum atomic E-state index is 10.9. The molecule has 0 aliphatic rings. The Balaban J connectivity index is 2.88. The Morgan fingerprint density at radius 3 is 2.37 bits per heavy atom. The molecule has 0 amide bonds. The Hall–Kier alpha value is -0.870. The number of hydrogen-bond acceptors (Lipinski definition) is 2. The summed E-state index contributed by atoms with van der Waals surface area (Å²) in [7, 11) is 0. The second-order valence-corrected chi connectivity index (χ2v) is 6.38. The van der Waals surface area contributed by atoms with Crippen molar-refractivity contribution >= 4 is 21.9 Å². The van der Waals surface area contributed by atoms with E-state index in [9.17, 15) is 4.79 Å². The fraction of sp³-hybridized carbons (Fsp3) is 0.533. The molecule has 4 heteroatoms. The summed E-state index contributed by atoms with van der Waals surface area (Å²) >= 11 is 3.47. The number of hydrogen-bond donors (Lipinski definition) is 1. The lowest BCUT2D eigenvalue weighted by Gasteiger charge is -2.28. The zero-order valence-corrected chi connectivity index (χ0v) is 13.6. The van der Waals surface area contributed by atoms with Crippen LogP contribution in [0.5, 0.6) is 0 Å². The molecule has 0 heterocycles. The lowest BCUT2D eigenvalue weighted by atomic mass is 10.1. The smallest absolute Gasteiger partial charge is 0.335 e. The Bertz CT molecular complexity index is 444. The highest BCUT2D eigenvalue weighted by molar-refractivity contribution is 9.10. The fourth-order valence-electron chi connectivity index (χ4n) is 1.95. The molecule has 0 saturated heterocycles. The highest BCUT2D eigenvalue weighted by Gasteiger charge is 2.14. The number of carbonyl (C=O) groups is 1. The summed E-state index contributed by atoms with van der Waals surface area (Å²) in [6.45, 7) is 10.6. The average molecular weight is 328 g/mol. The summed E-state index contributed by atoms with van der Waals surface area (Å²) in [5, 5.41) is 8.96. The minimum atomic E-state index is -0.893. The molecule has 0 fully saturated rings. The van der Waals surface area contributed by atoms with Gasteiger partial charge in [-0.2, -0.15) is 0 Å². The summed E-state index contributed by atoms with van der Waals surface area (Å²) in [5.74, 6) is -0.283. The van der Waals surface area contributed by atoms with Crippen molar-refractivity contribution in [3.63, 3.8) is 0 Å².